The van der Waals surface area contributed by atoms with Gasteiger partial charge in [-0.1, -0.05) is 39.0 Å². The van der Waals surface area contributed by atoms with Gasteiger partial charge >= 0.3 is 0 Å². The summed E-state index contributed by atoms with van der Waals surface area (Å²) in [5.74, 6) is 0.711. The van der Waals surface area contributed by atoms with E-state index in [2.05, 4.69) is 6.92 Å². The summed E-state index contributed by atoms with van der Waals surface area (Å²) in [6, 6.07) is 3.47. The lowest BCUT2D eigenvalue weighted by Gasteiger charge is -2.11. The molecule has 5 heteroatoms. The summed E-state index contributed by atoms with van der Waals surface area (Å²) in [5.41, 5.74) is 1.26. The van der Waals surface area contributed by atoms with Crippen molar-refractivity contribution in [2.75, 3.05) is 6.61 Å². The van der Waals surface area contributed by atoms with E-state index in [0.29, 0.717) is 23.5 Å². The largest absolute Gasteiger partial charge is 0.494 e. The van der Waals surface area contributed by atoms with Crippen molar-refractivity contribution < 1.29 is 13.2 Å². The minimum absolute atomic E-state index is 0.191. The van der Waals surface area contributed by atoms with Gasteiger partial charge in [-0.25, -0.2) is 8.42 Å². The van der Waals surface area contributed by atoms with Crippen LogP contribution >= 0.6 is 10.7 Å². The molecular formula is C16H25ClO3S. The number of hydrogen-bond acceptors (Lipinski definition) is 3. The Labute approximate surface area is 133 Å². The lowest BCUT2D eigenvalue weighted by atomic mass is 10.1. The number of ether oxygens (including phenoxy) is 1. The summed E-state index contributed by atoms with van der Waals surface area (Å²) in [5, 5.41) is 0. The number of benzene rings is 1. The van der Waals surface area contributed by atoms with Crippen LogP contribution in [-0.2, 0) is 9.05 Å². The lowest BCUT2D eigenvalue weighted by Crippen LogP contribution is -2.02. The number of rotatable bonds is 9. The molecule has 0 aliphatic heterocycles. The highest BCUT2D eigenvalue weighted by Crippen LogP contribution is 2.28. The molecule has 0 heterocycles. The Morgan fingerprint density at radius 1 is 1.00 bits per heavy atom. The molecule has 0 aliphatic rings. The van der Waals surface area contributed by atoms with E-state index in [-0.39, 0.29) is 4.90 Å². The van der Waals surface area contributed by atoms with E-state index in [1.54, 1.807) is 26.0 Å². The van der Waals surface area contributed by atoms with Crippen LogP contribution in [0.25, 0.3) is 0 Å². The van der Waals surface area contributed by atoms with Crippen molar-refractivity contribution in [3.63, 3.8) is 0 Å². The van der Waals surface area contributed by atoms with Gasteiger partial charge in [0.25, 0.3) is 9.05 Å². The Hall–Kier alpha value is -0.740. The Morgan fingerprint density at radius 2 is 1.52 bits per heavy atom. The second kappa shape index (κ2) is 8.64. The molecule has 0 amide bonds. The van der Waals surface area contributed by atoms with E-state index in [0.717, 1.165) is 6.42 Å². The molecule has 120 valence electrons. The fourth-order valence-corrected chi connectivity index (χ4v) is 4.07. The highest BCUT2D eigenvalue weighted by Gasteiger charge is 2.17. The predicted octanol–water partition coefficient (Wildman–Crippen LogP) is 4.97. The Balaban J connectivity index is 2.51. The molecule has 1 rings (SSSR count). The van der Waals surface area contributed by atoms with Gasteiger partial charge < -0.3 is 4.74 Å². The molecular weight excluding hydrogens is 308 g/mol. The summed E-state index contributed by atoms with van der Waals surface area (Å²) in [7, 11) is 1.74. The lowest BCUT2D eigenvalue weighted by molar-refractivity contribution is 0.304. The van der Waals surface area contributed by atoms with E-state index in [9.17, 15) is 8.42 Å². The first-order valence-electron chi connectivity index (χ1n) is 7.55. The van der Waals surface area contributed by atoms with Crippen molar-refractivity contribution in [3.8, 4) is 5.75 Å². The maximum absolute atomic E-state index is 11.5. The minimum atomic E-state index is -3.70. The van der Waals surface area contributed by atoms with E-state index in [4.69, 9.17) is 15.4 Å². The zero-order valence-corrected chi connectivity index (χ0v) is 14.7. The molecule has 21 heavy (non-hydrogen) atoms. The second-order valence-corrected chi connectivity index (χ2v) is 7.94. The summed E-state index contributed by atoms with van der Waals surface area (Å²) < 4.78 is 28.7. The molecule has 0 saturated carbocycles. The molecule has 0 aromatic heterocycles. The first-order valence-corrected chi connectivity index (χ1v) is 9.86. The van der Waals surface area contributed by atoms with Gasteiger partial charge in [-0.05, 0) is 43.5 Å². The van der Waals surface area contributed by atoms with Gasteiger partial charge in [-0.3, -0.25) is 0 Å². The van der Waals surface area contributed by atoms with Crippen LogP contribution in [-0.4, -0.2) is 15.0 Å². The second-order valence-electron chi connectivity index (χ2n) is 5.44. The molecule has 0 spiro atoms. The quantitative estimate of drug-likeness (QED) is 0.473. The SMILES string of the molecule is CCCCCCCCOc1cc(C)c(S(=O)(=O)Cl)c(C)c1. The van der Waals surface area contributed by atoms with Crippen LogP contribution in [0, 0.1) is 13.8 Å². The fraction of sp³-hybridized carbons (Fsp3) is 0.625. The number of halogens is 1. The van der Waals surface area contributed by atoms with E-state index in [1.807, 2.05) is 0 Å². The van der Waals surface area contributed by atoms with Crippen molar-refractivity contribution >= 4 is 19.7 Å². The van der Waals surface area contributed by atoms with Crippen molar-refractivity contribution in [1.29, 1.82) is 0 Å². The number of unbranched alkanes of at least 4 members (excludes halogenated alkanes) is 5. The molecule has 0 bridgehead atoms. The third-order valence-electron chi connectivity index (χ3n) is 3.44. The number of hydrogen-bond donors (Lipinski definition) is 0. The van der Waals surface area contributed by atoms with Gasteiger partial charge in [0.2, 0.25) is 0 Å². The molecule has 0 radical (unpaired) electrons. The monoisotopic (exact) mass is 332 g/mol. The minimum Gasteiger partial charge on any atom is -0.494 e. The van der Waals surface area contributed by atoms with Crippen LogP contribution < -0.4 is 4.74 Å². The maximum atomic E-state index is 11.5. The van der Waals surface area contributed by atoms with Gasteiger partial charge in [-0.2, -0.15) is 0 Å². The van der Waals surface area contributed by atoms with Gasteiger partial charge in [0.15, 0.2) is 0 Å². The average molecular weight is 333 g/mol. The van der Waals surface area contributed by atoms with Crippen LogP contribution in [0.2, 0.25) is 0 Å². The van der Waals surface area contributed by atoms with Crippen LogP contribution in [0.4, 0.5) is 0 Å². The third kappa shape index (κ3) is 6.27. The van der Waals surface area contributed by atoms with Crippen molar-refractivity contribution in [1.82, 2.24) is 0 Å². The van der Waals surface area contributed by atoms with Crippen LogP contribution in [0.3, 0.4) is 0 Å². The summed E-state index contributed by atoms with van der Waals surface area (Å²) >= 11 is 0. The van der Waals surface area contributed by atoms with E-state index >= 15 is 0 Å². The first kappa shape index (κ1) is 18.3. The van der Waals surface area contributed by atoms with Crippen molar-refractivity contribution in [3.05, 3.63) is 23.3 Å². The zero-order valence-electron chi connectivity index (χ0n) is 13.1. The molecule has 0 aliphatic carbocycles. The van der Waals surface area contributed by atoms with Gasteiger partial charge in [0, 0.05) is 10.7 Å². The smallest absolute Gasteiger partial charge is 0.261 e. The Kier molecular flexibility index (Phi) is 7.53. The van der Waals surface area contributed by atoms with Crippen molar-refractivity contribution in [2.24, 2.45) is 0 Å². The normalized spacial score (nSPS) is 11.6. The molecule has 3 nitrogen and oxygen atoms in total. The fourth-order valence-electron chi connectivity index (χ4n) is 2.45. The van der Waals surface area contributed by atoms with Crippen LogP contribution in [0.5, 0.6) is 5.75 Å². The molecule has 0 saturated heterocycles. The molecule has 0 unspecified atom stereocenters. The van der Waals surface area contributed by atoms with E-state index in [1.165, 1.54) is 32.1 Å². The number of aryl methyl sites for hydroxylation is 2. The molecule has 1 aromatic rings. The third-order valence-corrected chi connectivity index (χ3v) is 5.04. The summed E-state index contributed by atoms with van der Waals surface area (Å²) in [6.07, 6.45) is 7.29. The standard InChI is InChI=1S/C16H25ClO3S/c1-4-5-6-7-8-9-10-20-15-11-13(2)16(14(3)12-15)21(17,18)19/h11-12H,4-10H2,1-3H3. The van der Waals surface area contributed by atoms with Gasteiger partial charge in [0.1, 0.15) is 5.75 Å². The van der Waals surface area contributed by atoms with Crippen LogP contribution in [0.1, 0.15) is 56.6 Å². The highest BCUT2D eigenvalue weighted by molar-refractivity contribution is 8.13. The predicted molar refractivity (Wildman–Crippen MR) is 87.8 cm³/mol. The van der Waals surface area contributed by atoms with E-state index < -0.39 is 9.05 Å². The topological polar surface area (TPSA) is 43.4 Å². The maximum Gasteiger partial charge on any atom is 0.261 e. The average Bonchev–Trinajstić information content (AvgIpc) is 2.35. The van der Waals surface area contributed by atoms with Gasteiger partial charge in [-0.15, -0.1) is 0 Å². The molecule has 1 aromatic carbocycles. The first-order chi connectivity index (χ1) is 9.86. The molecule has 0 atom stereocenters. The van der Waals surface area contributed by atoms with Crippen molar-refractivity contribution in [2.45, 2.75) is 64.2 Å². The summed E-state index contributed by atoms with van der Waals surface area (Å²) in [6.45, 7) is 6.34. The summed E-state index contributed by atoms with van der Waals surface area (Å²) in [4.78, 5) is 0.191. The molecule has 0 N–H and O–H groups in total. The Bertz CT molecular complexity index is 530. The highest BCUT2D eigenvalue weighted by atomic mass is 35.7. The Morgan fingerprint density at radius 3 is 2.05 bits per heavy atom. The zero-order chi connectivity index (χ0) is 15.9. The molecule has 0 fully saturated rings. The van der Waals surface area contributed by atoms with Crippen LogP contribution in [0.15, 0.2) is 17.0 Å². The van der Waals surface area contributed by atoms with Gasteiger partial charge in [0.05, 0.1) is 11.5 Å².